The standard InChI is InChI=1S/C10H12N4S/c1-7-9(5-11-2)15-10(14-7)8-3-4-12-6-13-8/h3-4,6,11H,5H2,1-2H3. The predicted octanol–water partition coefficient (Wildman–Crippen LogP) is 1.63. The summed E-state index contributed by atoms with van der Waals surface area (Å²) in [6.07, 6.45) is 3.28. The lowest BCUT2D eigenvalue weighted by Gasteiger charge is -1.93. The second-order valence-corrected chi connectivity index (χ2v) is 4.24. The van der Waals surface area contributed by atoms with Gasteiger partial charge in [-0.3, -0.25) is 0 Å². The normalized spacial score (nSPS) is 10.5. The number of aromatic nitrogens is 3. The first-order chi connectivity index (χ1) is 7.31. The molecule has 2 heterocycles. The van der Waals surface area contributed by atoms with Crippen LogP contribution in [0.3, 0.4) is 0 Å². The third-order valence-corrected chi connectivity index (χ3v) is 3.21. The molecule has 2 aromatic rings. The average molecular weight is 220 g/mol. The van der Waals surface area contributed by atoms with E-state index in [2.05, 4.69) is 20.3 Å². The fourth-order valence-corrected chi connectivity index (χ4v) is 2.33. The van der Waals surface area contributed by atoms with E-state index in [9.17, 15) is 0 Å². The van der Waals surface area contributed by atoms with E-state index < -0.39 is 0 Å². The molecule has 0 spiro atoms. The molecule has 0 radical (unpaired) electrons. The van der Waals surface area contributed by atoms with Crippen LogP contribution in [0.25, 0.3) is 10.7 Å². The summed E-state index contributed by atoms with van der Waals surface area (Å²) in [7, 11) is 1.93. The fraction of sp³-hybridized carbons (Fsp3) is 0.300. The first kappa shape index (κ1) is 10.2. The lowest BCUT2D eigenvalue weighted by Crippen LogP contribution is -2.04. The first-order valence-corrected chi connectivity index (χ1v) is 5.50. The number of hydrogen-bond donors (Lipinski definition) is 1. The fourth-order valence-electron chi connectivity index (χ4n) is 1.28. The molecule has 0 aliphatic rings. The summed E-state index contributed by atoms with van der Waals surface area (Å²) in [6.45, 7) is 2.88. The zero-order valence-corrected chi connectivity index (χ0v) is 9.51. The van der Waals surface area contributed by atoms with Gasteiger partial charge >= 0.3 is 0 Å². The minimum absolute atomic E-state index is 0.856. The van der Waals surface area contributed by atoms with E-state index in [-0.39, 0.29) is 0 Å². The number of nitrogens with zero attached hydrogens (tertiary/aromatic N) is 3. The molecule has 5 heteroatoms. The molecule has 4 nitrogen and oxygen atoms in total. The molecule has 0 aliphatic heterocycles. The van der Waals surface area contributed by atoms with Crippen molar-refractivity contribution >= 4 is 11.3 Å². The van der Waals surface area contributed by atoms with Crippen LogP contribution in [-0.2, 0) is 6.54 Å². The molecule has 0 saturated carbocycles. The van der Waals surface area contributed by atoms with Crippen molar-refractivity contribution < 1.29 is 0 Å². The van der Waals surface area contributed by atoms with Gasteiger partial charge in [-0.1, -0.05) is 0 Å². The largest absolute Gasteiger partial charge is 0.315 e. The molecule has 0 bridgehead atoms. The van der Waals surface area contributed by atoms with Gasteiger partial charge in [0.15, 0.2) is 0 Å². The van der Waals surface area contributed by atoms with Gasteiger partial charge in [-0.05, 0) is 20.0 Å². The highest BCUT2D eigenvalue weighted by atomic mass is 32.1. The zero-order valence-electron chi connectivity index (χ0n) is 8.69. The highest BCUT2D eigenvalue weighted by molar-refractivity contribution is 7.15. The Balaban J connectivity index is 2.34. The smallest absolute Gasteiger partial charge is 0.142 e. The van der Waals surface area contributed by atoms with Gasteiger partial charge in [-0.25, -0.2) is 15.0 Å². The van der Waals surface area contributed by atoms with Crippen molar-refractivity contribution in [2.24, 2.45) is 0 Å². The molecule has 2 rings (SSSR count). The topological polar surface area (TPSA) is 50.7 Å². The third kappa shape index (κ3) is 2.19. The number of rotatable bonds is 3. The molecule has 0 saturated heterocycles. The molecular weight excluding hydrogens is 208 g/mol. The second kappa shape index (κ2) is 4.46. The van der Waals surface area contributed by atoms with Crippen molar-refractivity contribution in [2.75, 3.05) is 7.05 Å². The Bertz CT molecular complexity index is 438. The summed E-state index contributed by atoms with van der Waals surface area (Å²) >= 11 is 1.67. The van der Waals surface area contributed by atoms with Crippen molar-refractivity contribution in [1.29, 1.82) is 0 Å². The summed E-state index contributed by atoms with van der Waals surface area (Å²) in [4.78, 5) is 13.8. The molecule has 78 valence electrons. The maximum absolute atomic E-state index is 4.49. The molecule has 0 unspecified atom stereocenters. The Morgan fingerprint density at radius 3 is 3.00 bits per heavy atom. The van der Waals surface area contributed by atoms with Crippen LogP contribution >= 0.6 is 11.3 Å². The van der Waals surface area contributed by atoms with Gasteiger partial charge in [0.05, 0.1) is 5.69 Å². The molecule has 0 amide bonds. The molecule has 0 aliphatic carbocycles. The van der Waals surface area contributed by atoms with Gasteiger partial charge in [0.2, 0.25) is 0 Å². The SMILES string of the molecule is CNCc1sc(-c2ccncn2)nc1C. The van der Waals surface area contributed by atoms with Gasteiger partial charge in [0.1, 0.15) is 17.0 Å². The summed E-state index contributed by atoms with van der Waals surface area (Å²) in [5.74, 6) is 0. The lowest BCUT2D eigenvalue weighted by atomic mass is 10.4. The highest BCUT2D eigenvalue weighted by Gasteiger charge is 2.08. The quantitative estimate of drug-likeness (QED) is 0.854. The van der Waals surface area contributed by atoms with Crippen molar-refractivity contribution in [3.63, 3.8) is 0 Å². The van der Waals surface area contributed by atoms with Crippen LogP contribution in [0.1, 0.15) is 10.6 Å². The minimum atomic E-state index is 0.856. The maximum Gasteiger partial charge on any atom is 0.142 e. The van der Waals surface area contributed by atoms with Crippen LogP contribution in [-0.4, -0.2) is 22.0 Å². The number of nitrogens with one attached hydrogen (secondary N) is 1. The van der Waals surface area contributed by atoms with Crippen molar-refractivity contribution in [1.82, 2.24) is 20.3 Å². The lowest BCUT2D eigenvalue weighted by molar-refractivity contribution is 0.823. The van der Waals surface area contributed by atoms with Crippen LogP contribution < -0.4 is 5.32 Å². The van der Waals surface area contributed by atoms with Gasteiger partial charge in [0.25, 0.3) is 0 Å². The molecule has 2 aromatic heterocycles. The zero-order chi connectivity index (χ0) is 10.7. The first-order valence-electron chi connectivity index (χ1n) is 4.68. The summed E-state index contributed by atoms with van der Waals surface area (Å²) in [6, 6.07) is 1.88. The third-order valence-electron chi connectivity index (χ3n) is 2.03. The van der Waals surface area contributed by atoms with Crippen LogP contribution in [0.15, 0.2) is 18.6 Å². The minimum Gasteiger partial charge on any atom is -0.315 e. The maximum atomic E-state index is 4.49. The van der Waals surface area contributed by atoms with Gasteiger partial charge in [-0.15, -0.1) is 11.3 Å². The number of aryl methyl sites for hydroxylation is 1. The molecule has 15 heavy (non-hydrogen) atoms. The summed E-state index contributed by atoms with van der Waals surface area (Å²) in [5, 5.41) is 4.09. The summed E-state index contributed by atoms with van der Waals surface area (Å²) < 4.78 is 0. The molecule has 0 fully saturated rings. The molecular formula is C10H12N4S. The summed E-state index contributed by atoms with van der Waals surface area (Å²) in [5.41, 5.74) is 1.96. The molecule has 0 aromatic carbocycles. The Morgan fingerprint density at radius 1 is 1.47 bits per heavy atom. The van der Waals surface area contributed by atoms with Crippen molar-refractivity contribution in [3.05, 3.63) is 29.2 Å². The van der Waals surface area contributed by atoms with Crippen LogP contribution in [0.4, 0.5) is 0 Å². The van der Waals surface area contributed by atoms with E-state index in [0.29, 0.717) is 0 Å². The van der Waals surface area contributed by atoms with Crippen LogP contribution in [0, 0.1) is 6.92 Å². The van der Waals surface area contributed by atoms with Gasteiger partial charge < -0.3 is 5.32 Å². The van der Waals surface area contributed by atoms with Crippen molar-refractivity contribution in [3.8, 4) is 10.7 Å². The molecule has 1 N–H and O–H groups in total. The van der Waals surface area contributed by atoms with E-state index in [0.717, 1.165) is 22.9 Å². The van der Waals surface area contributed by atoms with E-state index in [4.69, 9.17) is 0 Å². The van der Waals surface area contributed by atoms with E-state index in [1.165, 1.54) is 4.88 Å². The van der Waals surface area contributed by atoms with Crippen LogP contribution in [0.5, 0.6) is 0 Å². The Labute approximate surface area is 92.4 Å². The van der Waals surface area contributed by atoms with Crippen molar-refractivity contribution in [2.45, 2.75) is 13.5 Å². The van der Waals surface area contributed by atoms with Gasteiger partial charge in [-0.2, -0.15) is 0 Å². The average Bonchev–Trinajstić information content (AvgIpc) is 2.63. The van der Waals surface area contributed by atoms with E-state index in [1.54, 1.807) is 23.9 Å². The Kier molecular flexibility index (Phi) is 3.03. The number of hydrogen-bond acceptors (Lipinski definition) is 5. The molecule has 0 atom stereocenters. The predicted molar refractivity (Wildman–Crippen MR) is 60.6 cm³/mol. The highest BCUT2D eigenvalue weighted by Crippen LogP contribution is 2.25. The van der Waals surface area contributed by atoms with E-state index in [1.807, 2.05) is 20.0 Å². The van der Waals surface area contributed by atoms with E-state index >= 15 is 0 Å². The Morgan fingerprint density at radius 2 is 2.33 bits per heavy atom. The number of thiazole rings is 1. The van der Waals surface area contributed by atoms with Gasteiger partial charge in [0, 0.05) is 17.6 Å². The van der Waals surface area contributed by atoms with Crippen LogP contribution in [0.2, 0.25) is 0 Å². The second-order valence-electron chi connectivity index (χ2n) is 3.15. The Hall–Kier alpha value is -1.33. The monoisotopic (exact) mass is 220 g/mol.